The first kappa shape index (κ1) is 14.8. The summed E-state index contributed by atoms with van der Waals surface area (Å²) >= 11 is 1.51. The largest absolute Gasteiger partial charge is 0.350 e. The van der Waals surface area contributed by atoms with E-state index in [1.54, 1.807) is 10.9 Å². The van der Waals surface area contributed by atoms with Gasteiger partial charge < -0.3 is 0 Å². The fraction of sp³-hybridized carbons (Fsp3) is 0.462. The van der Waals surface area contributed by atoms with Gasteiger partial charge in [-0.3, -0.25) is 4.40 Å². The second-order valence-electron chi connectivity index (χ2n) is 5.83. The summed E-state index contributed by atoms with van der Waals surface area (Å²) in [7, 11) is 0. The molecule has 0 aliphatic rings. The molecule has 0 bridgehead atoms. The highest BCUT2D eigenvalue weighted by Gasteiger charge is 2.19. The first-order valence-electron chi connectivity index (χ1n) is 6.93. The molecule has 0 aromatic carbocycles. The number of thioether (sulfide) groups is 1. The van der Waals surface area contributed by atoms with Gasteiger partial charge >= 0.3 is 5.69 Å². The van der Waals surface area contributed by atoms with E-state index in [-0.39, 0.29) is 11.2 Å². The zero-order chi connectivity index (χ0) is 15.7. The molecule has 0 saturated carbocycles. The van der Waals surface area contributed by atoms with Crippen LogP contribution in [0, 0.1) is 0 Å². The van der Waals surface area contributed by atoms with E-state index in [0.717, 1.165) is 5.16 Å². The number of hydrogen-bond donors (Lipinski definition) is 0. The minimum atomic E-state index is -0.175. The number of aromatic nitrogens is 7. The van der Waals surface area contributed by atoms with Crippen molar-refractivity contribution < 1.29 is 0 Å². The van der Waals surface area contributed by atoms with E-state index in [9.17, 15) is 4.79 Å². The van der Waals surface area contributed by atoms with Crippen molar-refractivity contribution in [1.82, 2.24) is 34.4 Å². The quantitative estimate of drug-likeness (QED) is 0.668. The van der Waals surface area contributed by atoms with E-state index < -0.39 is 0 Å². The summed E-state index contributed by atoms with van der Waals surface area (Å²) < 4.78 is 4.78. The number of tetrazole rings is 1. The fourth-order valence-corrected chi connectivity index (χ4v) is 3.00. The van der Waals surface area contributed by atoms with Crippen LogP contribution in [0.25, 0.3) is 5.65 Å². The van der Waals surface area contributed by atoms with E-state index in [4.69, 9.17) is 0 Å². The minimum absolute atomic E-state index is 0.133. The molecule has 0 amide bonds. The van der Waals surface area contributed by atoms with Crippen molar-refractivity contribution in [3.63, 3.8) is 0 Å². The Morgan fingerprint density at radius 2 is 2.09 bits per heavy atom. The normalized spacial score (nSPS) is 12.1. The second-order valence-corrected chi connectivity index (χ2v) is 6.89. The summed E-state index contributed by atoms with van der Waals surface area (Å²) in [4.78, 5) is 12.2. The van der Waals surface area contributed by atoms with Crippen LogP contribution >= 0.6 is 11.8 Å². The van der Waals surface area contributed by atoms with E-state index >= 15 is 0 Å². The predicted molar refractivity (Wildman–Crippen MR) is 83.0 cm³/mol. The van der Waals surface area contributed by atoms with E-state index in [1.165, 1.54) is 20.8 Å². The van der Waals surface area contributed by atoms with Gasteiger partial charge in [-0.05, 0) is 43.3 Å². The molecule has 9 heteroatoms. The topological polar surface area (TPSA) is 82.9 Å². The third-order valence-corrected chi connectivity index (χ3v) is 4.00. The lowest BCUT2D eigenvalue weighted by atomic mass is 10.1. The predicted octanol–water partition coefficient (Wildman–Crippen LogP) is 1.03. The Morgan fingerprint density at radius 1 is 1.27 bits per heavy atom. The van der Waals surface area contributed by atoms with Crippen LogP contribution < -0.4 is 5.69 Å². The van der Waals surface area contributed by atoms with Crippen LogP contribution in [0.3, 0.4) is 0 Å². The number of nitrogens with zero attached hydrogens (tertiary/aromatic N) is 7. The molecule has 0 radical (unpaired) electrons. The monoisotopic (exact) mass is 319 g/mol. The highest BCUT2D eigenvalue weighted by molar-refractivity contribution is 7.99. The fourth-order valence-electron chi connectivity index (χ4n) is 2.03. The zero-order valence-corrected chi connectivity index (χ0v) is 13.5. The SMILES string of the molecule is CC(C)(C)n1nnnc1SCCn1nc2ccccn2c1=O. The molecule has 3 heterocycles. The molecule has 0 fully saturated rings. The Balaban J connectivity index is 1.72. The third kappa shape index (κ3) is 2.76. The van der Waals surface area contributed by atoms with Crippen LogP contribution in [-0.4, -0.2) is 40.1 Å². The van der Waals surface area contributed by atoms with Crippen molar-refractivity contribution in [2.45, 2.75) is 38.0 Å². The van der Waals surface area contributed by atoms with Gasteiger partial charge in [0.15, 0.2) is 5.65 Å². The van der Waals surface area contributed by atoms with Gasteiger partial charge in [-0.1, -0.05) is 17.8 Å². The summed E-state index contributed by atoms with van der Waals surface area (Å²) in [5.74, 6) is 0.667. The molecule has 22 heavy (non-hydrogen) atoms. The molecule has 0 atom stereocenters. The average Bonchev–Trinajstić information content (AvgIpc) is 3.05. The third-order valence-electron chi connectivity index (χ3n) is 3.10. The highest BCUT2D eigenvalue weighted by atomic mass is 32.2. The number of pyridine rings is 1. The maximum absolute atomic E-state index is 12.2. The number of rotatable bonds is 4. The number of aryl methyl sites for hydroxylation is 1. The maximum atomic E-state index is 12.2. The van der Waals surface area contributed by atoms with Gasteiger partial charge in [0.05, 0.1) is 12.1 Å². The van der Waals surface area contributed by atoms with Gasteiger partial charge in [0.2, 0.25) is 5.16 Å². The molecule has 0 saturated heterocycles. The van der Waals surface area contributed by atoms with Crippen molar-refractivity contribution in [3.05, 3.63) is 34.9 Å². The molecule has 0 N–H and O–H groups in total. The average molecular weight is 319 g/mol. The summed E-state index contributed by atoms with van der Waals surface area (Å²) in [6.07, 6.45) is 1.72. The van der Waals surface area contributed by atoms with Crippen molar-refractivity contribution in [2.24, 2.45) is 0 Å². The smallest absolute Gasteiger partial charge is 0.250 e. The van der Waals surface area contributed by atoms with Crippen molar-refractivity contribution in [3.8, 4) is 0 Å². The molecule has 8 nitrogen and oxygen atoms in total. The second kappa shape index (κ2) is 5.56. The Labute approximate surface area is 131 Å². The zero-order valence-electron chi connectivity index (χ0n) is 12.7. The Kier molecular flexibility index (Phi) is 3.73. The lowest BCUT2D eigenvalue weighted by Crippen LogP contribution is -2.25. The van der Waals surface area contributed by atoms with Gasteiger partial charge in [-0.15, -0.1) is 10.2 Å². The lowest BCUT2D eigenvalue weighted by molar-refractivity contribution is 0.321. The van der Waals surface area contributed by atoms with Crippen LogP contribution in [0.5, 0.6) is 0 Å². The highest BCUT2D eigenvalue weighted by Crippen LogP contribution is 2.21. The van der Waals surface area contributed by atoms with E-state index in [1.807, 2.05) is 39.0 Å². The van der Waals surface area contributed by atoms with E-state index in [2.05, 4.69) is 20.6 Å². The van der Waals surface area contributed by atoms with Gasteiger partial charge in [-0.25, -0.2) is 14.2 Å². The summed E-state index contributed by atoms with van der Waals surface area (Å²) in [6.45, 7) is 6.63. The number of hydrogen-bond acceptors (Lipinski definition) is 6. The summed E-state index contributed by atoms with van der Waals surface area (Å²) in [5, 5.41) is 16.8. The lowest BCUT2D eigenvalue weighted by Gasteiger charge is -2.19. The molecule has 0 aliphatic heterocycles. The summed E-state index contributed by atoms with van der Waals surface area (Å²) in [6, 6.07) is 5.48. The van der Waals surface area contributed by atoms with Gasteiger partial charge in [0.25, 0.3) is 0 Å². The Hall–Kier alpha value is -2.16. The van der Waals surface area contributed by atoms with Gasteiger partial charge in [0.1, 0.15) is 0 Å². The molecular weight excluding hydrogens is 302 g/mol. The first-order valence-corrected chi connectivity index (χ1v) is 7.91. The molecule has 116 valence electrons. The maximum Gasteiger partial charge on any atom is 0.350 e. The molecule has 0 unspecified atom stereocenters. The molecule has 3 aromatic heterocycles. The van der Waals surface area contributed by atoms with Crippen LogP contribution in [0.15, 0.2) is 34.3 Å². The van der Waals surface area contributed by atoms with Crippen LogP contribution in [0.2, 0.25) is 0 Å². The van der Waals surface area contributed by atoms with Gasteiger partial charge in [0, 0.05) is 11.9 Å². The standard InChI is InChI=1S/C13H17N7OS/c1-13(2,3)20-11(14-16-17-20)22-9-8-19-12(21)18-7-5-4-6-10(18)15-19/h4-7H,8-9H2,1-3H3. The van der Waals surface area contributed by atoms with E-state index in [0.29, 0.717) is 17.9 Å². The molecule has 0 spiro atoms. The molecule has 0 aliphatic carbocycles. The Bertz CT molecular complexity index is 842. The van der Waals surface area contributed by atoms with Crippen LogP contribution in [0.1, 0.15) is 20.8 Å². The molecular formula is C13H17N7OS. The van der Waals surface area contributed by atoms with Crippen LogP contribution in [0.4, 0.5) is 0 Å². The van der Waals surface area contributed by atoms with Gasteiger partial charge in [-0.2, -0.15) is 0 Å². The first-order chi connectivity index (χ1) is 10.5. The van der Waals surface area contributed by atoms with Crippen molar-refractivity contribution in [1.29, 1.82) is 0 Å². The molecule has 3 aromatic rings. The summed E-state index contributed by atoms with van der Waals surface area (Å²) in [5.41, 5.74) is 0.342. The molecule has 3 rings (SSSR count). The van der Waals surface area contributed by atoms with Crippen molar-refractivity contribution >= 4 is 17.4 Å². The van der Waals surface area contributed by atoms with Crippen LogP contribution in [-0.2, 0) is 12.1 Å². The Morgan fingerprint density at radius 3 is 2.82 bits per heavy atom. The number of fused-ring (bicyclic) bond motifs is 1. The minimum Gasteiger partial charge on any atom is -0.250 e. The van der Waals surface area contributed by atoms with Crippen molar-refractivity contribution in [2.75, 3.05) is 5.75 Å².